The smallest absolute Gasteiger partial charge is 0.418 e. The van der Waals surface area contributed by atoms with E-state index in [0.29, 0.717) is 29.5 Å². The summed E-state index contributed by atoms with van der Waals surface area (Å²) in [5, 5.41) is 6.76. The maximum atomic E-state index is 13.5. The highest BCUT2D eigenvalue weighted by atomic mass is 19.4. The number of benzene rings is 1. The highest BCUT2D eigenvalue weighted by Gasteiger charge is 2.34. The van der Waals surface area contributed by atoms with Gasteiger partial charge in [0.25, 0.3) is 0 Å². The molecule has 1 atom stereocenters. The molecule has 2 N–H and O–H groups in total. The van der Waals surface area contributed by atoms with Crippen LogP contribution in [0, 0.1) is 0 Å². The zero-order valence-corrected chi connectivity index (χ0v) is 23.4. The van der Waals surface area contributed by atoms with Crippen LogP contribution in [0.25, 0.3) is 22.3 Å². The number of alkyl halides is 3. The standard InChI is InChI=1S/C30H35F3N6O/c1-6-19(2)34-13-8-14-40-25-16-21(10-11-22(25)29(3,4)5)39-28-27-24(37-18-38-28)15-20(17-36-27)26-23(30(31,32)33)9-7-12-35-26/h7,9-12,15-19,34H,6,8,13-14H2,1-5H3,(H,37,38,39). The topological polar surface area (TPSA) is 84.9 Å². The molecule has 0 saturated carbocycles. The quantitative estimate of drug-likeness (QED) is 0.200. The molecule has 0 aliphatic carbocycles. The van der Waals surface area contributed by atoms with Crippen molar-refractivity contribution in [2.24, 2.45) is 0 Å². The number of hydrogen-bond donors (Lipinski definition) is 2. The summed E-state index contributed by atoms with van der Waals surface area (Å²) in [4.78, 5) is 17.0. The molecule has 7 nitrogen and oxygen atoms in total. The Hall–Kier alpha value is -3.79. The molecule has 0 spiro atoms. The fourth-order valence-corrected chi connectivity index (χ4v) is 4.25. The fraction of sp³-hybridized carbons (Fsp3) is 0.400. The number of anilines is 2. The SMILES string of the molecule is CCC(C)NCCCOc1cc(Nc2ncnc3cc(-c4ncccc4C(F)(F)F)cnc23)ccc1C(C)(C)C. The van der Waals surface area contributed by atoms with Crippen LogP contribution in [0.4, 0.5) is 24.7 Å². The van der Waals surface area contributed by atoms with Gasteiger partial charge in [0.15, 0.2) is 5.82 Å². The second-order valence-electron chi connectivity index (χ2n) is 10.8. The molecule has 3 aromatic heterocycles. The van der Waals surface area contributed by atoms with Gasteiger partial charge in [0.05, 0.1) is 23.4 Å². The van der Waals surface area contributed by atoms with Gasteiger partial charge in [-0.05, 0) is 61.6 Å². The van der Waals surface area contributed by atoms with Crippen LogP contribution in [0.2, 0.25) is 0 Å². The van der Waals surface area contributed by atoms with Crippen LogP contribution in [-0.4, -0.2) is 39.1 Å². The molecule has 1 unspecified atom stereocenters. The first kappa shape index (κ1) is 29.2. The molecule has 4 rings (SSSR count). The minimum absolute atomic E-state index is 0.122. The maximum Gasteiger partial charge on any atom is 0.418 e. The van der Waals surface area contributed by atoms with Crippen LogP contribution in [0.5, 0.6) is 5.75 Å². The number of nitrogens with one attached hydrogen (secondary N) is 2. The summed E-state index contributed by atoms with van der Waals surface area (Å²) in [6.07, 6.45) is 1.45. The van der Waals surface area contributed by atoms with E-state index in [2.05, 4.69) is 65.2 Å². The van der Waals surface area contributed by atoms with Gasteiger partial charge in [-0.25, -0.2) is 15.0 Å². The minimum atomic E-state index is -4.54. The average Bonchev–Trinajstić information content (AvgIpc) is 2.91. The van der Waals surface area contributed by atoms with Gasteiger partial charge in [0, 0.05) is 35.8 Å². The monoisotopic (exact) mass is 552 g/mol. The van der Waals surface area contributed by atoms with Gasteiger partial charge < -0.3 is 15.4 Å². The van der Waals surface area contributed by atoms with E-state index >= 15 is 0 Å². The fourth-order valence-electron chi connectivity index (χ4n) is 4.25. The van der Waals surface area contributed by atoms with E-state index in [9.17, 15) is 13.2 Å². The summed E-state index contributed by atoms with van der Waals surface area (Å²) in [5.74, 6) is 1.21. The third-order valence-corrected chi connectivity index (χ3v) is 6.60. The number of nitrogens with zero attached hydrogens (tertiary/aromatic N) is 4. The molecule has 0 fully saturated rings. The average molecular weight is 553 g/mol. The van der Waals surface area contributed by atoms with E-state index in [-0.39, 0.29) is 16.7 Å². The molecule has 4 aromatic rings. The molecule has 212 valence electrons. The second kappa shape index (κ2) is 12.2. The van der Waals surface area contributed by atoms with E-state index in [1.807, 2.05) is 18.2 Å². The van der Waals surface area contributed by atoms with Crippen molar-refractivity contribution in [2.45, 2.75) is 65.1 Å². The molecule has 10 heteroatoms. The summed E-state index contributed by atoms with van der Waals surface area (Å²) in [6, 6.07) is 10.2. The lowest BCUT2D eigenvalue weighted by molar-refractivity contribution is -0.137. The van der Waals surface area contributed by atoms with E-state index in [0.717, 1.165) is 42.5 Å². The lowest BCUT2D eigenvalue weighted by Gasteiger charge is -2.24. The zero-order chi connectivity index (χ0) is 28.9. The molecule has 0 bridgehead atoms. The Morgan fingerprint density at radius 2 is 1.77 bits per heavy atom. The summed E-state index contributed by atoms with van der Waals surface area (Å²) < 4.78 is 46.8. The molecular weight excluding hydrogens is 517 g/mol. The Kier molecular flexibility index (Phi) is 8.88. The van der Waals surface area contributed by atoms with Crippen LogP contribution >= 0.6 is 0 Å². The van der Waals surface area contributed by atoms with Crippen molar-refractivity contribution in [3.05, 3.63) is 66.2 Å². The van der Waals surface area contributed by atoms with Gasteiger partial charge in [0.2, 0.25) is 0 Å². The van der Waals surface area contributed by atoms with Gasteiger partial charge in [0.1, 0.15) is 17.6 Å². The lowest BCUT2D eigenvalue weighted by atomic mass is 9.86. The first-order chi connectivity index (χ1) is 19.0. The summed E-state index contributed by atoms with van der Waals surface area (Å²) in [6.45, 7) is 12.2. The maximum absolute atomic E-state index is 13.5. The first-order valence-electron chi connectivity index (χ1n) is 13.4. The molecule has 3 heterocycles. The number of rotatable bonds is 10. The van der Waals surface area contributed by atoms with Gasteiger partial charge >= 0.3 is 6.18 Å². The van der Waals surface area contributed by atoms with E-state index in [1.54, 1.807) is 0 Å². The molecule has 0 aliphatic rings. The highest BCUT2D eigenvalue weighted by molar-refractivity contribution is 5.89. The highest BCUT2D eigenvalue weighted by Crippen LogP contribution is 2.37. The van der Waals surface area contributed by atoms with Crippen molar-refractivity contribution in [3.63, 3.8) is 0 Å². The van der Waals surface area contributed by atoms with Gasteiger partial charge in [-0.15, -0.1) is 0 Å². The number of hydrogen-bond acceptors (Lipinski definition) is 7. The zero-order valence-electron chi connectivity index (χ0n) is 23.4. The van der Waals surface area contributed by atoms with Crippen molar-refractivity contribution in [3.8, 4) is 17.0 Å². The van der Waals surface area contributed by atoms with Crippen molar-refractivity contribution < 1.29 is 17.9 Å². The summed E-state index contributed by atoms with van der Waals surface area (Å²) in [5.41, 5.74) is 1.72. The molecular formula is C30H35F3N6O. The Balaban J connectivity index is 1.59. The second-order valence-corrected chi connectivity index (χ2v) is 10.8. The lowest BCUT2D eigenvalue weighted by Crippen LogP contribution is -2.27. The van der Waals surface area contributed by atoms with Crippen molar-refractivity contribution in [1.82, 2.24) is 25.3 Å². The number of ether oxygens (including phenoxy) is 1. The molecule has 40 heavy (non-hydrogen) atoms. The number of aromatic nitrogens is 4. The largest absolute Gasteiger partial charge is 0.493 e. The first-order valence-corrected chi connectivity index (χ1v) is 13.4. The van der Waals surface area contributed by atoms with E-state index in [4.69, 9.17) is 4.74 Å². The summed E-state index contributed by atoms with van der Waals surface area (Å²) >= 11 is 0. The molecule has 0 amide bonds. The van der Waals surface area contributed by atoms with E-state index in [1.165, 1.54) is 30.9 Å². The molecule has 0 saturated heterocycles. The van der Waals surface area contributed by atoms with E-state index < -0.39 is 11.7 Å². The predicted octanol–water partition coefficient (Wildman–Crippen LogP) is 7.30. The Bertz CT molecular complexity index is 1450. The van der Waals surface area contributed by atoms with Crippen LogP contribution < -0.4 is 15.4 Å². The molecule has 0 aliphatic heterocycles. The Morgan fingerprint density at radius 1 is 0.975 bits per heavy atom. The number of fused-ring (bicyclic) bond motifs is 1. The minimum Gasteiger partial charge on any atom is -0.493 e. The van der Waals surface area contributed by atoms with Crippen LogP contribution in [0.15, 0.2) is 55.1 Å². The van der Waals surface area contributed by atoms with Crippen LogP contribution in [0.3, 0.4) is 0 Å². The van der Waals surface area contributed by atoms with Gasteiger partial charge in [-0.2, -0.15) is 13.2 Å². The molecule has 1 aromatic carbocycles. The summed E-state index contributed by atoms with van der Waals surface area (Å²) in [7, 11) is 0. The Labute approximate surface area is 232 Å². The van der Waals surface area contributed by atoms with Gasteiger partial charge in [-0.1, -0.05) is 33.8 Å². The van der Waals surface area contributed by atoms with Crippen LogP contribution in [-0.2, 0) is 11.6 Å². The van der Waals surface area contributed by atoms with Crippen molar-refractivity contribution in [2.75, 3.05) is 18.5 Å². The third-order valence-electron chi connectivity index (χ3n) is 6.60. The van der Waals surface area contributed by atoms with Crippen LogP contribution in [0.1, 0.15) is 58.6 Å². The normalized spacial score (nSPS) is 12.9. The van der Waals surface area contributed by atoms with Crippen molar-refractivity contribution >= 4 is 22.5 Å². The molecule has 0 radical (unpaired) electrons. The number of pyridine rings is 2. The number of halogens is 3. The van der Waals surface area contributed by atoms with Crippen molar-refractivity contribution in [1.29, 1.82) is 0 Å². The van der Waals surface area contributed by atoms with Gasteiger partial charge in [-0.3, -0.25) is 4.98 Å². The Morgan fingerprint density at radius 3 is 2.50 bits per heavy atom. The predicted molar refractivity (Wildman–Crippen MR) is 152 cm³/mol. The third kappa shape index (κ3) is 7.04.